The maximum Gasteiger partial charge on any atom is 0.166 e. The van der Waals surface area contributed by atoms with E-state index in [2.05, 4.69) is 126 Å². The van der Waals surface area contributed by atoms with Crippen LogP contribution in [0.15, 0.2) is 199 Å². The van der Waals surface area contributed by atoms with Crippen molar-refractivity contribution in [2.24, 2.45) is 0 Å². The molecular formula is C51H32N4O. The summed E-state index contributed by atoms with van der Waals surface area (Å²) in [6, 6.07) is 67.4. The Labute approximate surface area is 322 Å². The van der Waals surface area contributed by atoms with Crippen LogP contribution in [0.25, 0.3) is 106 Å². The lowest BCUT2D eigenvalue weighted by atomic mass is 9.97. The highest BCUT2D eigenvalue weighted by atomic mass is 16.3. The molecule has 0 aliphatic heterocycles. The van der Waals surface area contributed by atoms with Crippen molar-refractivity contribution in [3.63, 3.8) is 0 Å². The third kappa shape index (κ3) is 5.21. The highest BCUT2D eigenvalue weighted by molar-refractivity contribution is 6.15. The van der Waals surface area contributed by atoms with Gasteiger partial charge in [0.15, 0.2) is 17.5 Å². The third-order valence-electron chi connectivity index (χ3n) is 10.7. The number of fused-ring (bicyclic) bond motifs is 6. The van der Waals surface area contributed by atoms with E-state index < -0.39 is 0 Å². The lowest BCUT2D eigenvalue weighted by Gasteiger charge is -2.19. The van der Waals surface area contributed by atoms with Crippen molar-refractivity contribution >= 4 is 43.7 Å². The maximum absolute atomic E-state index is 6.33. The minimum absolute atomic E-state index is 0.599. The molecule has 0 saturated heterocycles. The molecule has 3 heterocycles. The van der Waals surface area contributed by atoms with Gasteiger partial charge in [-0.1, -0.05) is 164 Å². The summed E-state index contributed by atoms with van der Waals surface area (Å²) in [6.07, 6.45) is 0. The first-order chi connectivity index (χ1) is 27.8. The molecule has 0 atom stereocenters. The van der Waals surface area contributed by atoms with Gasteiger partial charge in [0.25, 0.3) is 0 Å². The van der Waals surface area contributed by atoms with Crippen LogP contribution >= 0.6 is 0 Å². The van der Waals surface area contributed by atoms with Gasteiger partial charge >= 0.3 is 0 Å². The summed E-state index contributed by atoms with van der Waals surface area (Å²) in [7, 11) is 0. The number of rotatable bonds is 6. The molecule has 0 spiro atoms. The first kappa shape index (κ1) is 31.9. The van der Waals surface area contributed by atoms with Crippen LogP contribution in [0.2, 0.25) is 0 Å². The normalized spacial score (nSPS) is 11.6. The van der Waals surface area contributed by atoms with Gasteiger partial charge in [0.2, 0.25) is 0 Å². The summed E-state index contributed by atoms with van der Waals surface area (Å²) < 4.78 is 8.74. The summed E-state index contributed by atoms with van der Waals surface area (Å²) >= 11 is 0. The van der Waals surface area contributed by atoms with Crippen LogP contribution in [0, 0.1) is 0 Å². The van der Waals surface area contributed by atoms with Crippen molar-refractivity contribution in [2.45, 2.75) is 0 Å². The number of aromatic nitrogens is 4. The molecule has 56 heavy (non-hydrogen) atoms. The second kappa shape index (κ2) is 13.0. The SMILES string of the molecule is c1ccc(-c2nc(-c3ccccc3)nc(-c3cccc(-c4ccccc4)c3-n3c4ccccc4c4ccc(-c5cccc6oc7ccccc7c56)cc43)n2)cc1. The van der Waals surface area contributed by atoms with E-state index in [0.717, 1.165) is 83.0 Å². The van der Waals surface area contributed by atoms with Crippen LogP contribution < -0.4 is 0 Å². The van der Waals surface area contributed by atoms with Crippen LogP contribution in [-0.2, 0) is 0 Å². The fraction of sp³-hybridized carbons (Fsp3) is 0. The Kier molecular flexibility index (Phi) is 7.42. The lowest BCUT2D eigenvalue weighted by Crippen LogP contribution is -2.05. The Hall–Kier alpha value is -7.63. The van der Waals surface area contributed by atoms with Crippen LogP contribution in [0.4, 0.5) is 0 Å². The second-order valence-corrected chi connectivity index (χ2v) is 14.0. The van der Waals surface area contributed by atoms with Gasteiger partial charge in [0, 0.05) is 43.8 Å². The number of nitrogens with zero attached hydrogens (tertiary/aromatic N) is 4. The molecule has 5 heteroatoms. The predicted octanol–water partition coefficient (Wildman–Crippen LogP) is 13.2. The Morgan fingerprint density at radius 1 is 0.339 bits per heavy atom. The lowest BCUT2D eigenvalue weighted by molar-refractivity contribution is 0.669. The molecule has 0 aliphatic carbocycles. The average molecular weight is 717 g/mol. The van der Waals surface area contributed by atoms with Gasteiger partial charge in [-0.15, -0.1) is 0 Å². The number of hydrogen-bond donors (Lipinski definition) is 0. The van der Waals surface area contributed by atoms with E-state index in [1.165, 1.54) is 5.39 Å². The molecule has 0 bridgehead atoms. The average Bonchev–Trinajstić information content (AvgIpc) is 3.82. The van der Waals surface area contributed by atoms with Gasteiger partial charge in [-0.3, -0.25) is 0 Å². The van der Waals surface area contributed by atoms with Crippen molar-refractivity contribution in [2.75, 3.05) is 0 Å². The van der Waals surface area contributed by atoms with Crippen molar-refractivity contribution in [1.82, 2.24) is 19.5 Å². The summed E-state index contributed by atoms with van der Waals surface area (Å²) in [5.74, 6) is 1.84. The molecule has 0 N–H and O–H groups in total. The van der Waals surface area contributed by atoms with E-state index in [1.807, 2.05) is 72.8 Å². The highest BCUT2D eigenvalue weighted by Crippen LogP contribution is 2.43. The summed E-state index contributed by atoms with van der Waals surface area (Å²) in [4.78, 5) is 15.5. The maximum atomic E-state index is 6.33. The first-order valence-corrected chi connectivity index (χ1v) is 18.8. The molecule has 0 radical (unpaired) electrons. The van der Waals surface area contributed by atoms with Gasteiger partial charge in [-0.25, -0.2) is 15.0 Å². The Morgan fingerprint density at radius 2 is 0.875 bits per heavy atom. The molecule has 11 rings (SSSR count). The number of benzene rings is 8. The zero-order valence-electron chi connectivity index (χ0n) is 30.2. The standard InChI is InChI=1S/C51H32N4O/c1-4-16-33(17-5-1)38-25-14-26-42(51-53-49(34-18-6-2-7-19-34)52-50(54-51)35-20-8-3-9-21-35)48(38)55-43-27-12-10-22-39(43)40-31-30-36(32-44(40)55)37-24-15-29-46-47(37)41-23-11-13-28-45(41)56-46/h1-32H. The molecule has 5 nitrogen and oxygen atoms in total. The molecule has 3 aromatic heterocycles. The zero-order chi connectivity index (χ0) is 37.0. The van der Waals surface area contributed by atoms with E-state index in [4.69, 9.17) is 19.4 Å². The van der Waals surface area contributed by atoms with E-state index >= 15 is 0 Å². The van der Waals surface area contributed by atoms with E-state index in [0.29, 0.717) is 17.5 Å². The second-order valence-electron chi connectivity index (χ2n) is 14.0. The fourth-order valence-electron chi connectivity index (χ4n) is 8.14. The Balaban J connectivity index is 1.24. The molecular weight excluding hydrogens is 685 g/mol. The zero-order valence-corrected chi connectivity index (χ0v) is 30.2. The minimum Gasteiger partial charge on any atom is -0.456 e. The van der Waals surface area contributed by atoms with Gasteiger partial charge in [0.05, 0.1) is 16.7 Å². The van der Waals surface area contributed by atoms with Crippen molar-refractivity contribution in [3.05, 3.63) is 194 Å². The summed E-state index contributed by atoms with van der Waals surface area (Å²) in [5, 5.41) is 4.55. The largest absolute Gasteiger partial charge is 0.456 e. The summed E-state index contributed by atoms with van der Waals surface area (Å²) in [6.45, 7) is 0. The van der Waals surface area contributed by atoms with Gasteiger partial charge in [-0.05, 0) is 47.0 Å². The van der Waals surface area contributed by atoms with Gasteiger partial charge < -0.3 is 8.98 Å². The van der Waals surface area contributed by atoms with Gasteiger partial charge in [-0.2, -0.15) is 0 Å². The van der Waals surface area contributed by atoms with Crippen molar-refractivity contribution in [3.8, 4) is 62.1 Å². The fourth-order valence-corrected chi connectivity index (χ4v) is 8.14. The Bertz CT molecular complexity index is 3180. The highest BCUT2D eigenvalue weighted by Gasteiger charge is 2.23. The number of hydrogen-bond acceptors (Lipinski definition) is 4. The predicted molar refractivity (Wildman–Crippen MR) is 229 cm³/mol. The number of furan rings is 1. The molecule has 0 aliphatic rings. The molecule has 0 fully saturated rings. The van der Waals surface area contributed by atoms with Crippen LogP contribution in [0.1, 0.15) is 0 Å². The van der Waals surface area contributed by atoms with E-state index in [1.54, 1.807) is 0 Å². The van der Waals surface area contributed by atoms with Crippen molar-refractivity contribution < 1.29 is 4.42 Å². The van der Waals surface area contributed by atoms with Crippen LogP contribution in [0.3, 0.4) is 0 Å². The van der Waals surface area contributed by atoms with E-state index in [9.17, 15) is 0 Å². The minimum atomic E-state index is 0.599. The molecule has 0 saturated carbocycles. The monoisotopic (exact) mass is 716 g/mol. The van der Waals surface area contributed by atoms with Gasteiger partial charge in [0.1, 0.15) is 11.2 Å². The van der Waals surface area contributed by atoms with Crippen LogP contribution in [-0.4, -0.2) is 19.5 Å². The molecule has 8 aromatic carbocycles. The van der Waals surface area contributed by atoms with Crippen LogP contribution in [0.5, 0.6) is 0 Å². The third-order valence-corrected chi connectivity index (χ3v) is 10.7. The topological polar surface area (TPSA) is 56.7 Å². The quantitative estimate of drug-likeness (QED) is 0.172. The molecule has 11 aromatic rings. The molecule has 0 amide bonds. The van der Waals surface area contributed by atoms with E-state index in [-0.39, 0.29) is 0 Å². The Morgan fingerprint density at radius 3 is 1.61 bits per heavy atom. The van der Waals surface area contributed by atoms with Crippen molar-refractivity contribution in [1.29, 1.82) is 0 Å². The smallest absolute Gasteiger partial charge is 0.166 e. The molecule has 0 unspecified atom stereocenters. The number of para-hydroxylation sites is 3. The summed E-state index contributed by atoms with van der Waals surface area (Å²) in [5.41, 5.74) is 12.1. The first-order valence-electron chi connectivity index (χ1n) is 18.8. The molecule has 262 valence electrons.